The lowest BCUT2D eigenvalue weighted by molar-refractivity contribution is 0.0736. The predicted octanol–water partition coefficient (Wildman–Crippen LogP) is 1.99. The van der Waals surface area contributed by atoms with Crippen LogP contribution < -0.4 is 10.7 Å². The smallest absolute Gasteiger partial charge is 0.256 e. The first-order valence-corrected chi connectivity index (χ1v) is 8.04. The summed E-state index contributed by atoms with van der Waals surface area (Å²) < 4.78 is 5.76. The van der Waals surface area contributed by atoms with Crippen LogP contribution in [0.3, 0.4) is 0 Å². The van der Waals surface area contributed by atoms with Crippen LogP contribution in [0.25, 0.3) is 22.6 Å². The molecule has 24 heavy (non-hydrogen) atoms. The Morgan fingerprint density at radius 2 is 2.00 bits per heavy atom. The summed E-state index contributed by atoms with van der Waals surface area (Å²) in [6.07, 6.45) is 0. The Morgan fingerprint density at radius 3 is 2.79 bits per heavy atom. The number of carbonyl (C=O) groups is 1. The summed E-state index contributed by atoms with van der Waals surface area (Å²) in [6, 6.07) is 7.73. The molecule has 0 bridgehead atoms. The van der Waals surface area contributed by atoms with Crippen molar-refractivity contribution in [3.8, 4) is 11.5 Å². The van der Waals surface area contributed by atoms with E-state index in [1.807, 2.05) is 0 Å². The van der Waals surface area contributed by atoms with Gasteiger partial charge in [-0.05, 0) is 18.2 Å². The van der Waals surface area contributed by atoms with Gasteiger partial charge in [-0.2, -0.15) is 0 Å². The third-order valence-electron chi connectivity index (χ3n) is 4.06. The van der Waals surface area contributed by atoms with Crippen molar-refractivity contribution >= 4 is 28.6 Å². The van der Waals surface area contributed by atoms with Crippen LogP contribution in [0, 0.1) is 0 Å². The lowest BCUT2D eigenvalue weighted by Gasteiger charge is -2.28. The van der Waals surface area contributed by atoms with E-state index in [-0.39, 0.29) is 16.9 Å². The van der Waals surface area contributed by atoms with Crippen molar-refractivity contribution in [3.05, 3.63) is 51.1 Å². The summed E-state index contributed by atoms with van der Waals surface area (Å²) in [4.78, 5) is 31.0. The molecule has 7 heteroatoms. The maximum absolute atomic E-state index is 12.8. The van der Waals surface area contributed by atoms with E-state index in [1.165, 1.54) is 12.1 Å². The molecule has 1 saturated heterocycles. The van der Waals surface area contributed by atoms with Gasteiger partial charge >= 0.3 is 0 Å². The van der Waals surface area contributed by atoms with Crippen LogP contribution in [0.2, 0.25) is 5.02 Å². The second-order valence-corrected chi connectivity index (χ2v) is 6.12. The van der Waals surface area contributed by atoms with Gasteiger partial charge in [0.05, 0.1) is 5.56 Å². The molecule has 1 aromatic rings. The summed E-state index contributed by atoms with van der Waals surface area (Å²) in [7, 11) is 0. The first-order valence-electron chi connectivity index (χ1n) is 7.66. The SMILES string of the molecule is O=C(c1cc(=O)cc2oc3ccc(Cl)cc3nc1-2)N1CCNCC1. The van der Waals surface area contributed by atoms with E-state index in [4.69, 9.17) is 16.0 Å². The van der Waals surface area contributed by atoms with Gasteiger partial charge in [0.2, 0.25) is 0 Å². The van der Waals surface area contributed by atoms with Crippen LogP contribution in [0.5, 0.6) is 0 Å². The number of fused-ring (bicyclic) bond motifs is 2. The number of benzene rings is 2. The molecule has 0 saturated carbocycles. The van der Waals surface area contributed by atoms with Crippen LogP contribution >= 0.6 is 11.6 Å². The number of aromatic nitrogens is 1. The zero-order chi connectivity index (χ0) is 16.7. The average Bonchev–Trinajstić information content (AvgIpc) is 2.59. The van der Waals surface area contributed by atoms with Gasteiger partial charge in [0.15, 0.2) is 16.8 Å². The third-order valence-corrected chi connectivity index (χ3v) is 4.29. The molecule has 1 aliphatic carbocycles. The third kappa shape index (κ3) is 2.64. The number of hydrogen-bond acceptors (Lipinski definition) is 5. The van der Waals surface area contributed by atoms with Gasteiger partial charge in [-0.25, -0.2) is 4.98 Å². The largest absolute Gasteiger partial charge is 0.453 e. The van der Waals surface area contributed by atoms with Gasteiger partial charge in [-0.1, -0.05) is 11.6 Å². The molecule has 0 unspecified atom stereocenters. The molecular weight excluding hydrogens is 330 g/mol. The fourth-order valence-corrected chi connectivity index (χ4v) is 3.05. The van der Waals surface area contributed by atoms with Gasteiger partial charge in [-0.15, -0.1) is 0 Å². The zero-order valence-electron chi connectivity index (χ0n) is 12.7. The van der Waals surface area contributed by atoms with E-state index in [9.17, 15) is 9.59 Å². The summed E-state index contributed by atoms with van der Waals surface area (Å²) in [5, 5.41) is 3.72. The normalized spacial score (nSPS) is 15.1. The molecule has 0 radical (unpaired) electrons. The molecular formula is C17H14ClN3O3. The summed E-state index contributed by atoms with van der Waals surface area (Å²) >= 11 is 6.01. The summed E-state index contributed by atoms with van der Waals surface area (Å²) in [5.41, 5.74) is 1.43. The molecule has 122 valence electrons. The lowest BCUT2D eigenvalue weighted by atomic mass is 10.1. The molecule has 2 aliphatic heterocycles. The van der Waals surface area contributed by atoms with Crippen LogP contribution in [-0.2, 0) is 0 Å². The topological polar surface area (TPSA) is 75.4 Å². The highest BCUT2D eigenvalue weighted by Crippen LogP contribution is 2.28. The van der Waals surface area contributed by atoms with Crippen LogP contribution in [0.15, 0.2) is 39.5 Å². The molecule has 3 aliphatic rings. The van der Waals surface area contributed by atoms with Gasteiger partial charge in [0.25, 0.3) is 5.91 Å². The number of carbonyl (C=O) groups excluding carboxylic acids is 1. The molecule has 4 rings (SSSR count). The van der Waals surface area contributed by atoms with Crippen LogP contribution in [0.4, 0.5) is 0 Å². The van der Waals surface area contributed by atoms with E-state index in [0.29, 0.717) is 40.7 Å². The maximum Gasteiger partial charge on any atom is 0.256 e. The van der Waals surface area contributed by atoms with E-state index in [2.05, 4.69) is 10.3 Å². The molecule has 0 spiro atoms. The first kappa shape index (κ1) is 15.1. The minimum Gasteiger partial charge on any atom is -0.453 e. The van der Waals surface area contributed by atoms with Crippen molar-refractivity contribution in [1.82, 2.24) is 15.2 Å². The molecule has 1 aromatic carbocycles. The number of nitrogens with one attached hydrogen (secondary N) is 1. The lowest BCUT2D eigenvalue weighted by Crippen LogP contribution is -2.46. The van der Waals surface area contributed by atoms with Crippen molar-refractivity contribution in [2.45, 2.75) is 0 Å². The minimum absolute atomic E-state index is 0.205. The van der Waals surface area contributed by atoms with E-state index in [0.717, 1.165) is 13.1 Å². The highest BCUT2D eigenvalue weighted by atomic mass is 35.5. The number of hydrogen-bond donors (Lipinski definition) is 1. The zero-order valence-corrected chi connectivity index (χ0v) is 13.5. The maximum atomic E-state index is 12.8. The minimum atomic E-state index is -0.278. The second-order valence-electron chi connectivity index (χ2n) is 5.69. The fraction of sp³-hybridized carbons (Fsp3) is 0.235. The van der Waals surface area contributed by atoms with E-state index >= 15 is 0 Å². The number of halogens is 1. The van der Waals surface area contributed by atoms with Crippen molar-refractivity contribution in [1.29, 1.82) is 0 Å². The summed E-state index contributed by atoms with van der Waals surface area (Å²) in [5.74, 6) is 0.0964. The average molecular weight is 344 g/mol. The van der Waals surface area contributed by atoms with Gasteiger partial charge < -0.3 is 14.6 Å². The molecule has 6 nitrogen and oxygen atoms in total. The highest BCUT2D eigenvalue weighted by Gasteiger charge is 2.25. The second kappa shape index (κ2) is 5.89. The Hall–Kier alpha value is -2.44. The van der Waals surface area contributed by atoms with Crippen molar-refractivity contribution < 1.29 is 9.21 Å². The molecule has 0 aromatic heterocycles. The Morgan fingerprint density at radius 1 is 1.21 bits per heavy atom. The van der Waals surface area contributed by atoms with E-state index < -0.39 is 0 Å². The standard InChI is InChI=1S/C17H14ClN3O3/c18-10-1-2-14-13(7-10)20-16-12(8-11(22)9-15(16)24-14)17(23)21-5-3-19-4-6-21/h1-2,7-9,19H,3-6H2. The Kier molecular flexibility index (Phi) is 3.70. The Balaban J connectivity index is 1.91. The molecule has 1 amide bonds. The van der Waals surface area contributed by atoms with Gasteiger partial charge in [-0.3, -0.25) is 9.59 Å². The predicted molar refractivity (Wildman–Crippen MR) is 90.7 cm³/mol. The number of amides is 1. The Labute approximate surface area is 142 Å². The monoisotopic (exact) mass is 343 g/mol. The molecule has 1 fully saturated rings. The van der Waals surface area contributed by atoms with Crippen molar-refractivity contribution in [2.75, 3.05) is 26.2 Å². The van der Waals surface area contributed by atoms with Crippen molar-refractivity contribution in [3.63, 3.8) is 0 Å². The van der Waals surface area contributed by atoms with Crippen molar-refractivity contribution in [2.24, 2.45) is 0 Å². The number of rotatable bonds is 1. The quantitative estimate of drug-likeness (QED) is 0.684. The van der Waals surface area contributed by atoms with Crippen LogP contribution in [0.1, 0.15) is 10.4 Å². The van der Waals surface area contributed by atoms with E-state index in [1.54, 1.807) is 23.1 Å². The summed E-state index contributed by atoms with van der Waals surface area (Å²) in [6.45, 7) is 2.66. The van der Waals surface area contributed by atoms with Gasteiger partial charge in [0, 0.05) is 43.3 Å². The number of nitrogens with zero attached hydrogens (tertiary/aromatic N) is 2. The fourth-order valence-electron chi connectivity index (χ4n) is 2.88. The van der Waals surface area contributed by atoms with Crippen LogP contribution in [-0.4, -0.2) is 42.0 Å². The first-order chi connectivity index (χ1) is 11.6. The molecule has 1 N–H and O–H groups in total. The highest BCUT2D eigenvalue weighted by molar-refractivity contribution is 6.31. The molecule has 2 heterocycles. The van der Waals surface area contributed by atoms with Gasteiger partial charge in [0.1, 0.15) is 11.2 Å². The molecule has 0 atom stereocenters. The Bertz CT molecular complexity index is 963. The number of piperazine rings is 1.